The van der Waals surface area contributed by atoms with Gasteiger partial charge >= 0.3 is 0 Å². The van der Waals surface area contributed by atoms with Crippen LogP contribution in [0, 0.1) is 11.8 Å². The van der Waals surface area contributed by atoms with Gasteiger partial charge in [0.15, 0.2) is 0 Å². The van der Waals surface area contributed by atoms with Gasteiger partial charge < -0.3 is 15.4 Å². The molecule has 0 aromatic heterocycles. The van der Waals surface area contributed by atoms with Crippen molar-refractivity contribution in [1.29, 1.82) is 0 Å². The fraction of sp³-hybridized carbons (Fsp3) is 0.929. The lowest BCUT2D eigenvalue weighted by atomic mass is 9.79. The van der Waals surface area contributed by atoms with Crippen LogP contribution in [0.4, 0.5) is 0 Å². The summed E-state index contributed by atoms with van der Waals surface area (Å²) in [7, 11) is 1.64. The summed E-state index contributed by atoms with van der Waals surface area (Å²) >= 11 is 0. The Bertz CT molecular complexity index is 258. The molecule has 1 aliphatic carbocycles. The molecule has 4 nitrogen and oxygen atoms in total. The van der Waals surface area contributed by atoms with Crippen molar-refractivity contribution >= 4 is 5.91 Å². The molecule has 0 spiro atoms. The highest BCUT2D eigenvalue weighted by atomic mass is 16.5. The van der Waals surface area contributed by atoms with E-state index in [2.05, 4.69) is 24.5 Å². The number of carbonyl (C=O) groups is 1. The van der Waals surface area contributed by atoms with Crippen molar-refractivity contribution in [1.82, 2.24) is 10.6 Å². The molecule has 0 radical (unpaired) electrons. The van der Waals surface area contributed by atoms with Gasteiger partial charge in [0.05, 0.1) is 12.6 Å². The number of amides is 1. The molecular weight excluding hydrogens is 228 g/mol. The van der Waals surface area contributed by atoms with Crippen molar-refractivity contribution in [2.24, 2.45) is 11.8 Å². The van der Waals surface area contributed by atoms with Crippen LogP contribution in [0.1, 0.15) is 40.0 Å². The average molecular weight is 256 g/mol. The zero-order valence-corrected chi connectivity index (χ0v) is 12.2. The second-order valence-electron chi connectivity index (χ2n) is 5.64. The normalized spacial score (nSPS) is 29.9. The Morgan fingerprint density at radius 2 is 2.06 bits per heavy atom. The van der Waals surface area contributed by atoms with Crippen LogP contribution < -0.4 is 10.6 Å². The molecule has 4 heteroatoms. The van der Waals surface area contributed by atoms with Gasteiger partial charge in [0.25, 0.3) is 0 Å². The van der Waals surface area contributed by atoms with Gasteiger partial charge in [-0.05, 0) is 38.0 Å². The molecule has 1 rings (SSSR count). The lowest BCUT2D eigenvalue weighted by Crippen LogP contribution is -2.48. The van der Waals surface area contributed by atoms with Crippen molar-refractivity contribution < 1.29 is 9.53 Å². The molecule has 1 amide bonds. The van der Waals surface area contributed by atoms with Gasteiger partial charge in [-0.3, -0.25) is 4.79 Å². The summed E-state index contributed by atoms with van der Waals surface area (Å²) in [5, 5.41) is 6.31. The van der Waals surface area contributed by atoms with Crippen LogP contribution in [0.25, 0.3) is 0 Å². The second kappa shape index (κ2) is 7.74. The van der Waals surface area contributed by atoms with E-state index in [4.69, 9.17) is 4.74 Å². The average Bonchev–Trinajstić information content (AvgIpc) is 2.34. The minimum absolute atomic E-state index is 0.0679. The van der Waals surface area contributed by atoms with Crippen LogP contribution in [-0.4, -0.2) is 38.3 Å². The smallest absolute Gasteiger partial charge is 0.236 e. The standard InChI is InChI=1S/C14H28N2O2/c1-10-5-6-13(9-11(10)2)16-12(3)14(17)15-7-8-18-4/h10-13,16H,5-9H2,1-4H3,(H,15,17). The summed E-state index contributed by atoms with van der Waals surface area (Å²) in [6.07, 6.45) is 3.62. The number of rotatable bonds is 6. The third-order valence-corrected chi connectivity index (χ3v) is 4.08. The fourth-order valence-corrected chi connectivity index (χ4v) is 2.56. The molecule has 0 aromatic carbocycles. The summed E-state index contributed by atoms with van der Waals surface area (Å²) in [6, 6.07) is 0.367. The maximum Gasteiger partial charge on any atom is 0.236 e. The largest absolute Gasteiger partial charge is 0.383 e. The van der Waals surface area contributed by atoms with Crippen molar-refractivity contribution in [3.8, 4) is 0 Å². The van der Waals surface area contributed by atoms with Gasteiger partial charge in [0, 0.05) is 19.7 Å². The molecule has 106 valence electrons. The van der Waals surface area contributed by atoms with E-state index in [9.17, 15) is 4.79 Å². The molecule has 0 heterocycles. The molecule has 18 heavy (non-hydrogen) atoms. The fourth-order valence-electron chi connectivity index (χ4n) is 2.56. The molecule has 2 N–H and O–H groups in total. The van der Waals surface area contributed by atoms with Crippen molar-refractivity contribution in [3.05, 3.63) is 0 Å². The van der Waals surface area contributed by atoms with E-state index in [0.29, 0.717) is 19.2 Å². The van der Waals surface area contributed by atoms with Gasteiger partial charge in [-0.2, -0.15) is 0 Å². The molecule has 4 atom stereocenters. The Kier molecular flexibility index (Phi) is 6.65. The summed E-state index contributed by atoms with van der Waals surface area (Å²) in [6.45, 7) is 7.71. The summed E-state index contributed by atoms with van der Waals surface area (Å²) in [5.41, 5.74) is 0. The Hall–Kier alpha value is -0.610. The van der Waals surface area contributed by atoms with E-state index >= 15 is 0 Å². The lowest BCUT2D eigenvalue weighted by Gasteiger charge is -2.34. The number of ether oxygens (including phenoxy) is 1. The molecule has 1 saturated carbocycles. The summed E-state index contributed by atoms with van der Waals surface area (Å²) in [5.74, 6) is 1.63. The minimum atomic E-state index is -0.118. The maximum absolute atomic E-state index is 11.8. The molecule has 0 aromatic rings. The first kappa shape index (κ1) is 15.4. The molecule has 0 saturated heterocycles. The molecule has 0 aliphatic heterocycles. The number of nitrogens with one attached hydrogen (secondary N) is 2. The summed E-state index contributed by atoms with van der Waals surface area (Å²) < 4.78 is 4.91. The number of methoxy groups -OCH3 is 1. The quantitative estimate of drug-likeness (QED) is 0.709. The Morgan fingerprint density at radius 3 is 2.67 bits per heavy atom. The number of hydrogen-bond acceptors (Lipinski definition) is 3. The Morgan fingerprint density at radius 1 is 1.33 bits per heavy atom. The third-order valence-electron chi connectivity index (χ3n) is 4.08. The van der Waals surface area contributed by atoms with E-state index in [1.165, 1.54) is 19.3 Å². The first-order chi connectivity index (χ1) is 8.54. The topological polar surface area (TPSA) is 50.4 Å². The third kappa shape index (κ3) is 4.94. The highest BCUT2D eigenvalue weighted by molar-refractivity contribution is 5.81. The van der Waals surface area contributed by atoms with Crippen LogP contribution in [-0.2, 0) is 9.53 Å². The predicted octanol–water partition coefficient (Wildman–Crippen LogP) is 1.55. The zero-order chi connectivity index (χ0) is 13.5. The van der Waals surface area contributed by atoms with Gasteiger partial charge in [0.1, 0.15) is 0 Å². The lowest BCUT2D eigenvalue weighted by molar-refractivity contribution is -0.123. The van der Waals surface area contributed by atoms with Crippen molar-refractivity contribution in [2.45, 2.75) is 52.1 Å². The molecular formula is C14H28N2O2. The van der Waals surface area contributed by atoms with Crippen molar-refractivity contribution in [3.63, 3.8) is 0 Å². The number of hydrogen-bond donors (Lipinski definition) is 2. The van der Waals surface area contributed by atoms with Crippen molar-refractivity contribution in [2.75, 3.05) is 20.3 Å². The molecule has 1 fully saturated rings. The first-order valence-corrected chi connectivity index (χ1v) is 7.07. The predicted molar refractivity (Wildman–Crippen MR) is 73.5 cm³/mol. The van der Waals surface area contributed by atoms with E-state index < -0.39 is 0 Å². The highest BCUT2D eigenvalue weighted by Gasteiger charge is 2.26. The monoisotopic (exact) mass is 256 g/mol. The Balaban J connectivity index is 2.26. The highest BCUT2D eigenvalue weighted by Crippen LogP contribution is 2.29. The first-order valence-electron chi connectivity index (χ1n) is 7.07. The van der Waals surface area contributed by atoms with Crippen LogP contribution in [0.3, 0.4) is 0 Å². The molecule has 0 bridgehead atoms. The van der Waals surface area contributed by atoms with E-state index in [-0.39, 0.29) is 11.9 Å². The molecule has 1 aliphatic rings. The van der Waals surface area contributed by atoms with E-state index in [1.54, 1.807) is 7.11 Å². The minimum Gasteiger partial charge on any atom is -0.383 e. The van der Waals surface area contributed by atoms with Crippen LogP contribution in [0.15, 0.2) is 0 Å². The van der Waals surface area contributed by atoms with Gasteiger partial charge in [0.2, 0.25) is 5.91 Å². The van der Waals surface area contributed by atoms with Gasteiger partial charge in [-0.1, -0.05) is 13.8 Å². The Labute approximate surface area is 111 Å². The summed E-state index contributed by atoms with van der Waals surface area (Å²) in [4.78, 5) is 11.8. The van der Waals surface area contributed by atoms with Gasteiger partial charge in [-0.15, -0.1) is 0 Å². The second-order valence-corrected chi connectivity index (χ2v) is 5.64. The number of carbonyl (C=O) groups excluding carboxylic acids is 1. The maximum atomic E-state index is 11.8. The van der Waals surface area contributed by atoms with Crippen LogP contribution in [0.2, 0.25) is 0 Å². The SMILES string of the molecule is COCCNC(=O)C(C)NC1CCC(C)C(C)C1. The molecule has 4 unspecified atom stereocenters. The zero-order valence-electron chi connectivity index (χ0n) is 12.2. The van der Waals surface area contributed by atoms with Crippen LogP contribution in [0.5, 0.6) is 0 Å². The van der Waals surface area contributed by atoms with Crippen LogP contribution >= 0.6 is 0 Å². The van der Waals surface area contributed by atoms with E-state index in [0.717, 1.165) is 11.8 Å². The van der Waals surface area contributed by atoms with E-state index in [1.807, 2.05) is 6.92 Å². The van der Waals surface area contributed by atoms with Gasteiger partial charge in [-0.25, -0.2) is 0 Å².